The normalized spacial score (nSPS) is 54.6. The molecule has 0 N–H and O–H groups in total. The van der Waals surface area contributed by atoms with Crippen LogP contribution in [0, 0.1) is 47.3 Å². The topological polar surface area (TPSA) is 0 Å². The van der Waals surface area contributed by atoms with E-state index in [1.165, 1.54) is 23.5 Å². The third-order valence-electron chi connectivity index (χ3n) is 6.20. The van der Waals surface area contributed by atoms with E-state index in [1.807, 2.05) is 0 Å². The van der Waals surface area contributed by atoms with Crippen LogP contribution in [0.15, 0.2) is 24.3 Å². The lowest BCUT2D eigenvalue weighted by Gasteiger charge is -2.24. The fraction of sp³-hybridized carbons (Fsp3) is 0.750. The molecule has 0 spiro atoms. The second-order valence-corrected chi connectivity index (χ2v) is 8.10. The first kappa shape index (κ1) is 12.2. The van der Waals surface area contributed by atoms with Gasteiger partial charge in [-0.3, -0.25) is 0 Å². The van der Waals surface area contributed by atoms with Crippen molar-refractivity contribution in [1.82, 2.24) is 0 Å². The predicted molar refractivity (Wildman–Crippen MR) is 83.0 cm³/mol. The Morgan fingerprint density at radius 1 is 0.611 bits per heavy atom. The lowest BCUT2D eigenvalue weighted by Crippen LogP contribution is -2.19. The molecule has 0 aromatic rings. The van der Waals surface area contributed by atoms with E-state index in [0.29, 0.717) is 0 Å². The van der Waals surface area contributed by atoms with Gasteiger partial charge in [-0.2, -0.15) is 0 Å². The van der Waals surface area contributed by atoms with Gasteiger partial charge in [0.1, 0.15) is 0 Å². The summed E-state index contributed by atoms with van der Waals surface area (Å²) in [4.78, 5) is 0. The molecule has 8 atom stereocenters. The second-order valence-electron chi connectivity index (χ2n) is 6.52. The molecule has 0 nitrogen and oxygen atoms in total. The molecule has 4 aliphatic rings. The molecule has 0 aromatic heterocycles. The van der Waals surface area contributed by atoms with Crippen molar-refractivity contribution in [2.75, 3.05) is 10.7 Å². The molecule has 0 radical (unpaired) electrons. The van der Waals surface area contributed by atoms with Crippen molar-refractivity contribution >= 4 is 31.9 Å². The third kappa shape index (κ3) is 1.43. The van der Waals surface area contributed by atoms with Gasteiger partial charge in [-0.25, -0.2) is 0 Å². The molecule has 4 rings (SSSR count). The Kier molecular flexibility index (Phi) is 3.04. The van der Waals surface area contributed by atoms with Crippen molar-refractivity contribution < 1.29 is 0 Å². The highest BCUT2D eigenvalue weighted by atomic mass is 79.9. The summed E-state index contributed by atoms with van der Waals surface area (Å²) in [6.07, 6.45) is 13.1. The van der Waals surface area contributed by atoms with Crippen LogP contribution < -0.4 is 0 Å². The average molecular weight is 372 g/mol. The first-order valence-corrected chi connectivity index (χ1v) is 9.59. The monoisotopic (exact) mass is 370 g/mol. The molecule has 0 aliphatic heterocycles. The molecule has 0 bridgehead atoms. The Bertz CT molecular complexity index is 334. The highest BCUT2D eigenvalue weighted by Gasteiger charge is 2.63. The molecule has 2 saturated carbocycles. The molecule has 0 amide bonds. The van der Waals surface area contributed by atoms with E-state index >= 15 is 0 Å². The zero-order valence-electron chi connectivity index (χ0n) is 10.5. The molecule has 4 unspecified atom stereocenters. The van der Waals surface area contributed by atoms with Gasteiger partial charge in [0, 0.05) is 10.7 Å². The second kappa shape index (κ2) is 4.48. The van der Waals surface area contributed by atoms with Crippen LogP contribution in [0.4, 0.5) is 0 Å². The quantitative estimate of drug-likeness (QED) is 0.498. The third-order valence-corrected chi connectivity index (χ3v) is 7.11. The lowest BCUT2D eigenvalue weighted by molar-refractivity contribution is 0.287. The van der Waals surface area contributed by atoms with E-state index in [-0.39, 0.29) is 0 Å². The van der Waals surface area contributed by atoms with Crippen LogP contribution in [-0.2, 0) is 0 Å². The highest BCUT2D eigenvalue weighted by Crippen LogP contribution is 2.68. The van der Waals surface area contributed by atoms with E-state index in [2.05, 4.69) is 56.2 Å². The van der Waals surface area contributed by atoms with Gasteiger partial charge in [0.2, 0.25) is 0 Å². The summed E-state index contributed by atoms with van der Waals surface area (Å²) in [7, 11) is 0. The van der Waals surface area contributed by atoms with Crippen LogP contribution in [0.5, 0.6) is 0 Å². The Labute approximate surface area is 127 Å². The van der Waals surface area contributed by atoms with Gasteiger partial charge in [-0.15, -0.1) is 0 Å². The van der Waals surface area contributed by atoms with Gasteiger partial charge in [-0.1, -0.05) is 56.2 Å². The maximum absolute atomic E-state index is 3.66. The largest absolute Gasteiger partial charge is 0.0928 e. The Morgan fingerprint density at radius 2 is 0.944 bits per heavy atom. The van der Waals surface area contributed by atoms with Crippen LogP contribution in [0.2, 0.25) is 0 Å². The zero-order chi connectivity index (χ0) is 12.3. The van der Waals surface area contributed by atoms with Crippen LogP contribution in [0.1, 0.15) is 12.8 Å². The van der Waals surface area contributed by atoms with E-state index in [1.54, 1.807) is 0 Å². The maximum Gasteiger partial charge on any atom is 0.00343 e. The maximum atomic E-state index is 3.66. The standard InChI is InChI=1S/C16H20Br2/c17-7-5-9-11-1-2-12-10(6-8-18)14-4-3-13(9)16(14)15(11)12/h1-4,9-16H,5-8H2/t9?,10?,11-,12+,13+,14-,15?,16?. The van der Waals surface area contributed by atoms with Crippen LogP contribution >= 0.6 is 31.9 Å². The molecule has 2 fully saturated rings. The van der Waals surface area contributed by atoms with Gasteiger partial charge in [0.15, 0.2) is 0 Å². The van der Waals surface area contributed by atoms with Gasteiger partial charge in [0.05, 0.1) is 0 Å². The number of hydrogen-bond donors (Lipinski definition) is 0. The highest BCUT2D eigenvalue weighted by molar-refractivity contribution is 9.09. The molecule has 0 saturated heterocycles. The summed E-state index contributed by atoms with van der Waals surface area (Å²) in [5.41, 5.74) is 0. The van der Waals surface area contributed by atoms with Gasteiger partial charge < -0.3 is 0 Å². The predicted octanol–water partition coefficient (Wildman–Crippen LogP) is 4.65. The van der Waals surface area contributed by atoms with Crippen molar-refractivity contribution in [3.8, 4) is 0 Å². The Balaban J connectivity index is 1.68. The minimum Gasteiger partial charge on any atom is -0.0928 e. The molecular formula is C16H20Br2. The number of allylic oxidation sites excluding steroid dienone is 4. The summed E-state index contributed by atoms with van der Waals surface area (Å²) in [6, 6.07) is 0. The molecule has 0 aromatic carbocycles. The van der Waals surface area contributed by atoms with Gasteiger partial charge >= 0.3 is 0 Å². The van der Waals surface area contributed by atoms with E-state index in [0.717, 1.165) is 47.3 Å². The van der Waals surface area contributed by atoms with Crippen molar-refractivity contribution in [3.63, 3.8) is 0 Å². The van der Waals surface area contributed by atoms with E-state index in [4.69, 9.17) is 0 Å². The van der Waals surface area contributed by atoms with E-state index < -0.39 is 0 Å². The number of rotatable bonds is 4. The van der Waals surface area contributed by atoms with Crippen LogP contribution in [-0.4, -0.2) is 10.7 Å². The first-order valence-electron chi connectivity index (χ1n) is 7.35. The van der Waals surface area contributed by atoms with Crippen molar-refractivity contribution in [3.05, 3.63) is 24.3 Å². The van der Waals surface area contributed by atoms with Crippen molar-refractivity contribution in [1.29, 1.82) is 0 Å². The molecule has 4 aliphatic carbocycles. The molecule has 2 heteroatoms. The minimum atomic E-state index is 0.898. The minimum absolute atomic E-state index is 0.898. The Morgan fingerprint density at radius 3 is 1.22 bits per heavy atom. The SMILES string of the molecule is BrCCC1[C@H]2C=C[C@H]3C(CCBr)[C@H]4C=C[C@@H]1C4C23. The smallest absolute Gasteiger partial charge is 0.00343 e. The fourth-order valence-electron chi connectivity index (χ4n) is 5.81. The fourth-order valence-corrected chi connectivity index (χ4v) is 6.87. The van der Waals surface area contributed by atoms with Crippen LogP contribution in [0.3, 0.4) is 0 Å². The molecule has 98 valence electrons. The average Bonchev–Trinajstić information content (AvgIpc) is 3.04. The van der Waals surface area contributed by atoms with Crippen LogP contribution in [0.25, 0.3) is 0 Å². The van der Waals surface area contributed by atoms with Gasteiger partial charge in [0.25, 0.3) is 0 Å². The summed E-state index contributed by atoms with van der Waals surface area (Å²) in [5, 5.41) is 2.35. The van der Waals surface area contributed by atoms with Crippen molar-refractivity contribution in [2.24, 2.45) is 47.3 Å². The molecule has 0 heterocycles. The summed E-state index contributed by atoms with van der Waals surface area (Å²) < 4.78 is 0. The number of halogens is 2. The summed E-state index contributed by atoms with van der Waals surface area (Å²) in [6.45, 7) is 0. The first-order chi connectivity index (χ1) is 8.86. The summed E-state index contributed by atoms with van der Waals surface area (Å²) >= 11 is 7.32. The number of hydrogen-bond acceptors (Lipinski definition) is 0. The van der Waals surface area contributed by atoms with E-state index in [9.17, 15) is 0 Å². The molecule has 18 heavy (non-hydrogen) atoms. The lowest BCUT2D eigenvalue weighted by atomic mass is 9.81. The Hall–Kier alpha value is 0.440. The molecular weight excluding hydrogens is 352 g/mol. The zero-order valence-corrected chi connectivity index (χ0v) is 13.7. The summed E-state index contributed by atoms with van der Waals surface area (Å²) in [5.74, 6) is 7.42. The van der Waals surface area contributed by atoms with Gasteiger partial charge in [-0.05, 0) is 60.2 Å². The number of alkyl halides is 2. The van der Waals surface area contributed by atoms with Crippen molar-refractivity contribution in [2.45, 2.75) is 12.8 Å².